The summed E-state index contributed by atoms with van der Waals surface area (Å²) >= 11 is 7.57. The van der Waals surface area contributed by atoms with Gasteiger partial charge in [0.15, 0.2) is 5.78 Å². The highest BCUT2D eigenvalue weighted by Crippen LogP contribution is 2.26. The van der Waals surface area contributed by atoms with E-state index in [1.165, 1.54) is 17.9 Å². The van der Waals surface area contributed by atoms with Crippen molar-refractivity contribution in [2.75, 3.05) is 31.1 Å². The topological polar surface area (TPSA) is 23.6 Å². The fourth-order valence-electron chi connectivity index (χ4n) is 2.93. The molecule has 23 heavy (non-hydrogen) atoms. The number of ketones is 1. The minimum atomic E-state index is -0.439. The zero-order valence-corrected chi connectivity index (χ0v) is 14.5. The van der Waals surface area contributed by atoms with E-state index in [9.17, 15) is 9.18 Å². The molecule has 0 bridgehead atoms. The van der Waals surface area contributed by atoms with Crippen LogP contribution < -0.4 is 4.90 Å². The molecule has 0 N–H and O–H groups in total. The average molecular weight is 353 g/mol. The first-order valence-electron chi connectivity index (χ1n) is 7.55. The van der Waals surface area contributed by atoms with Gasteiger partial charge < -0.3 is 4.90 Å². The number of Topliss-reactive ketones (excluding diaryl/α,β-unsaturated/α-hetero) is 1. The van der Waals surface area contributed by atoms with Gasteiger partial charge in [-0.2, -0.15) is 0 Å². The summed E-state index contributed by atoms with van der Waals surface area (Å²) in [5.41, 5.74) is 0.905. The molecular weight excluding hydrogens is 335 g/mol. The lowest BCUT2D eigenvalue weighted by atomic mass is 10.1. The van der Waals surface area contributed by atoms with Crippen LogP contribution in [0.25, 0.3) is 0 Å². The number of anilines is 1. The Balaban J connectivity index is 1.67. The zero-order valence-electron chi connectivity index (χ0n) is 12.9. The van der Waals surface area contributed by atoms with Crippen molar-refractivity contribution in [2.24, 2.45) is 0 Å². The number of carbonyl (C=O) groups excluding carboxylic acids is 1. The maximum Gasteiger partial charge on any atom is 0.164 e. The van der Waals surface area contributed by atoms with E-state index < -0.39 is 5.82 Å². The molecule has 1 aliphatic rings. The summed E-state index contributed by atoms with van der Waals surface area (Å²) in [5, 5.41) is 0. The van der Waals surface area contributed by atoms with Crippen molar-refractivity contribution in [2.45, 2.75) is 13.5 Å². The van der Waals surface area contributed by atoms with E-state index >= 15 is 0 Å². The second-order valence-corrected chi connectivity index (χ2v) is 7.46. The predicted molar refractivity (Wildman–Crippen MR) is 93.2 cm³/mol. The Hall–Kier alpha value is -1.43. The van der Waals surface area contributed by atoms with E-state index in [2.05, 4.69) is 15.9 Å². The summed E-state index contributed by atoms with van der Waals surface area (Å²) in [7, 11) is 0. The molecule has 0 saturated carbocycles. The number of thiophene rings is 1. The number of nitrogens with zero attached hydrogens (tertiary/aromatic N) is 2. The van der Waals surface area contributed by atoms with Gasteiger partial charge in [0.05, 0.1) is 15.6 Å². The van der Waals surface area contributed by atoms with Gasteiger partial charge in [0.25, 0.3) is 0 Å². The van der Waals surface area contributed by atoms with Crippen LogP contribution in [0.5, 0.6) is 0 Å². The van der Waals surface area contributed by atoms with Gasteiger partial charge in [0.1, 0.15) is 5.82 Å². The Morgan fingerprint density at radius 1 is 1.22 bits per heavy atom. The number of hydrogen-bond acceptors (Lipinski definition) is 4. The van der Waals surface area contributed by atoms with Gasteiger partial charge in [-0.3, -0.25) is 9.69 Å². The van der Waals surface area contributed by atoms with Gasteiger partial charge in [0.2, 0.25) is 0 Å². The molecule has 1 aromatic carbocycles. The van der Waals surface area contributed by atoms with Crippen LogP contribution >= 0.6 is 22.9 Å². The van der Waals surface area contributed by atoms with Gasteiger partial charge in [-0.1, -0.05) is 17.7 Å². The molecule has 1 aliphatic heterocycles. The number of benzene rings is 1. The largest absolute Gasteiger partial charge is 0.368 e. The van der Waals surface area contributed by atoms with Crippen molar-refractivity contribution in [3.8, 4) is 0 Å². The molecule has 122 valence electrons. The number of rotatable bonds is 4. The third-order valence-electron chi connectivity index (χ3n) is 4.06. The third kappa shape index (κ3) is 3.74. The summed E-state index contributed by atoms with van der Waals surface area (Å²) in [6.07, 6.45) is 0. The third-order valence-corrected chi connectivity index (χ3v) is 5.28. The zero-order chi connectivity index (χ0) is 16.4. The number of carbonyl (C=O) groups is 1. The maximum absolute atomic E-state index is 14.0. The van der Waals surface area contributed by atoms with E-state index in [-0.39, 0.29) is 11.3 Å². The van der Waals surface area contributed by atoms with Crippen LogP contribution in [0, 0.1) is 5.82 Å². The van der Waals surface area contributed by atoms with Crippen LogP contribution in [-0.2, 0) is 6.54 Å². The van der Waals surface area contributed by atoms with Crippen LogP contribution in [0.2, 0.25) is 4.34 Å². The molecule has 1 aromatic heterocycles. The van der Waals surface area contributed by atoms with Gasteiger partial charge >= 0.3 is 0 Å². The van der Waals surface area contributed by atoms with E-state index in [1.54, 1.807) is 17.4 Å². The number of hydrogen-bond donors (Lipinski definition) is 0. The molecule has 0 radical (unpaired) electrons. The molecule has 0 unspecified atom stereocenters. The summed E-state index contributed by atoms with van der Waals surface area (Å²) in [5.74, 6) is -0.667. The van der Waals surface area contributed by atoms with Crippen molar-refractivity contribution < 1.29 is 9.18 Å². The van der Waals surface area contributed by atoms with Crippen LogP contribution in [0.1, 0.15) is 22.2 Å². The van der Waals surface area contributed by atoms with Crippen molar-refractivity contribution in [3.05, 3.63) is 50.9 Å². The lowest BCUT2D eigenvalue weighted by Gasteiger charge is -2.36. The Labute approximate surface area is 144 Å². The van der Waals surface area contributed by atoms with E-state index in [0.717, 1.165) is 37.1 Å². The van der Waals surface area contributed by atoms with Gasteiger partial charge in [-0.25, -0.2) is 4.39 Å². The first-order chi connectivity index (χ1) is 11.0. The summed E-state index contributed by atoms with van der Waals surface area (Å²) in [6.45, 7) is 5.62. The first kappa shape index (κ1) is 16.4. The standard InChI is InChI=1S/C17H18ClFN2OS/c1-12(22)17-14(19)3-2-4-15(17)21-9-7-20(8-10-21)11-13-5-6-16(18)23-13/h2-6H,7-11H2,1H3. The van der Waals surface area contributed by atoms with Gasteiger partial charge in [-0.15, -0.1) is 11.3 Å². The highest BCUT2D eigenvalue weighted by Gasteiger charge is 2.22. The monoisotopic (exact) mass is 352 g/mol. The van der Waals surface area contributed by atoms with E-state index in [4.69, 9.17) is 11.6 Å². The molecule has 1 fully saturated rings. The lowest BCUT2D eigenvalue weighted by molar-refractivity contribution is 0.101. The van der Waals surface area contributed by atoms with Gasteiger partial charge in [-0.05, 0) is 31.2 Å². The Morgan fingerprint density at radius 2 is 1.96 bits per heavy atom. The van der Waals surface area contributed by atoms with E-state index in [0.29, 0.717) is 5.69 Å². The highest BCUT2D eigenvalue weighted by atomic mass is 35.5. The first-order valence-corrected chi connectivity index (χ1v) is 8.75. The summed E-state index contributed by atoms with van der Waals surface area (Å²) in [4.78, 5) is 17.4. The molecular formula is C17H18ClFN2OS. The molecule has 3 rings (SSSR count). The number of halogens is 2. The predicted octanol–water partition coefficient (Wildman–Crippen LogP) is 4.07. The molecule has 2 heterocycles. The fourth-order valence-corrected chi connectivity index (χ4v) is 4.06. The molecule has 0 amide bonds. The van der Waals surface area contributed by atoms with Crippen molar-refractivity contribution in [1.82, 2.24) is 4.90 Å². The second-order valence-electron chi connectivity index (χ2n) is 5.66. The summed E-state index contributed by atoms with van der Waals surface area (Å²) in [6, 6.07) is 8.81. The number of piperazine rings is 1. The van der Waals surface area contributed by atoms with Crippen molar-refractivity contribution >= 4 is 34.4 Å². The normalized spacial score (nSPS) is 15.9. The molecule has 1 saturated heterocycles. The molecule has 6 heteroatoms. The molecule has 0 atom stereocenters. The molecule has 2 aromatic rings. The second kappa shape index (κ2) is 6.99. The lowest BCUT2D eigenvalue weighted by Crippen LogP contribution is -2.46. The SMILES string of the molecule is CC(=O)c1c(F)cccc1N1CCN(Cc2ccc(Cl)s2)CC1. The molecule has 0 aliphatic carbocycles. The average Bonchev–Trinajstić information content (AvgIpc) is 2.92. The summed E-state index contributed by atoms with van der Waals surface area (Å²) < 4.78 is 14.8. The minimum absolute atomic E-state index is 0.200. The van der Waals surface area contributed by atoms with Crippen molar-refractivity contribution in [1.29, 1.82) is 0 Å². The Bertz CT molecular complexity index is 710. The van der Waals surface area contributed by atoms with Gasteiger partial charge in [0, 0.05) is 37.6 Å². The smallest absolute Gasteiger partial charge is 0.164 e. The fraction of sp³-hybridized carbons (Fsp3) is 0.353. The van der Waals surface area contributed by atoms with E-state index in [1.807, 2.05) is 12.1 Å². The Morgan fingerprint density at radius 3 is 2.57 bits per heavy atom. The highest BCUT2D eigenvalue weighted by molar-refractivity contribution is 7.16. The van der Waals surface area contributed by atoms with Crippen molar-refractivity contribution in [3.63, 3.8) is 0 Å². The Kier molecular flexibility index (Phi) is 4.99. The van der Waals surface area contributed by atoms with Crippen LogP contribution in [0.3, 0.4) is 0 Å². The molecule has 0 spiro atoms. The minimum Gasteiger partial charge on any atom is -0.368 e. The van der Waals surface area contributed by atoms with Crippen LogP contribution in [0.4, 0.5) is 10.1 Å². The van der Waals surface area contributed by atoms with Crippen LogP contribution in [-0.4, -0.2) is 36.9 Å². The quantitative estimate of drug-likeness (QED) is 0.775. The maximum atomic E-state index is 14.0. The molecule has 3 nitrogen and oxygen atoms in total. The van der Waals surface area contributed by atoms with Crippen LogP contribution in [0.15, 0.2) is 30.3 Å².